The Balaban J connectivity index is 1.38. The minimum Gasteiger partial charge on any atom is -0.370 e. The molecule has 4 heterocycles. The number of rotatable bonds is 3. The Hall–Kier alpha value is -1.96. The summed E-state index contributed by atoms with van der Waals surface area (Å²) in [6.45, 7) is 2.75. The van der Waals surface area contributed by atoms with Crippen LogP contribution in [0.3, 0.4) is 0 Å². The zero-order chi connectivity index (χ0) is 17.7. The van der Waals surface area contributed by atoms with Crippen molar-refractivity contribution in [3.05, 3.63) is 60.4 Å². The van der Waals surface area contributed by atoms with E-state index in [1.165, 1.54) is 5.56 Å². The van der Waals surface area contributed by atoms with Crippen LogP contribution in [0.1, 0.15) is 5.56 Å². The van der Waals surface area contributed by atoms with E-state index in [-0.39, 0.29) is 18.1 Å². The fourth-order valence-corrected chi connectivity index (χ4v) is 6.92. The molecule has 136 valence electrons. The van der Waals surface area contributed by atoms with Gasteiger partial charge in [-0.3, -0.25) is 14.2 Å². The van der Waals surface area contributed by atoms with Gasteiger partial charge in [-0.1, -0.05) is 18.2 Å². The Bertz CT molecular complexity index is 891. The molecule has 3 aliphatic rings. The Morgan fingerprint density at radius 1 is 1.00 bits per heavy atom. The number of hydrogen-bond donors (Lipinski definition) is 0. The summed E-state index contributed by atoms with van der Waals surface area (Å²) in [7, 11) is -3.40. The third-order valence-electron chi connectivity index (χ3n) is 5.72. The molecule has 3 saturated heterocycles. The standard InChI is InChI=1S/C19H21N3O3S/c23-26(24)19-16(11-22(26)15-4-2-1-3-5-15)17-12-21(13-18(19)25-17)10-14-6-8-20-9-7-14/h1-9,16-19H,10-13H2. The van der Waals surface area contributed by atoms with Crippen molar-refractivity contribution >= 4 is 15.7 Å². The molecule has 5 rings (SSSR count). The van der Waals surface area contributed by atoms with Crippen LogP contribution in [0.2, 0.25) is 0 Å². The molecule has 0 amide bonds. The van der Waals surface area contributed by atoms with Crippen molar-refractivity contribution in [2.24, 2.45) is 5.92 Å². The van der Waals surface area contributed by atoms with Crippen LogP contribution in [0.25, 0.3) is 0 Å². The van der Waals surface area contributed by atoms with Gasteiger partial charge < -0.3 is 4.74 Å². The van der Waals surface area contributed by atoms with E-state index < -0.39 is 15.3 Å². The molecule has 7 heteroatoms. The van der Waals surface area contributed by atoms with Crippen LogP contribution in [-0.4, -0.2) is 55.4 Å². The van der Waals surface area contributed by atoms with Crippen molar-refractivity contribution in [1.29, 1.82) is 0 Å². The van der Waals surface area contributed by atoms with Crippen LogP contribution in [0.4, 0.5) is 5.69 Å². The third-order valence-corrected chi connectivity index (χ3v) is 8.03. The van der Waals surface area contributed by atoms with Gasteiger partial charge in [-0.25, -0.2) is 8.42 Å². The van der Waals surface area contributed by atoms with E-state index in [9.17, 15) is 8.42 Å². The summed E-state index contributed by atoms with van der Waals surface area (Å²) in [5.41, 5.74) is 1.95. The monoisotopic (exact) mass is 371 g/mol. The van der Waals surface area contributed by atoms with Gasteiger partial charge in [-0.15, -0.1) is 0 Å². The van der Waals surface area contributed by atoms with E-state index in [2.05, 4.69) is 9.88 Å². The predicted molar refractivity (Wildman–Crippen MR) is 98.2 cm³/mol. The average molecular weight is 371 g/mol. The van der Waals surface area contributed by atoms with Gasteiger partial charge in [-0.05, 0) is 29.8 Å². The summed E-state index contributed by atoms with van der Waals surface area (Å²) in [5, 5.41) is -0.435. The minimum absolute atomic E-state index is 0.0240. The molecule has 3 aliphatic heterocycles. The molecule has 0 spiro atoms. The molecule has 4 unspecified atom stereocenters. The highest BCUT2D eigenvalue weighted by molar-refractivity contribution is 7.93. The fraction of sp³-hybridized carbons (Fsp3) is 0.421. The first-order valence-corrected chi connectivity index (χ1v) is 10.5. The SMILES string of the molecule is O=S1(=O)C2C3CN(Cc4ccncc4)CC(O3)C2CN1c1ccccc1. The number of hydrogen-bond acceptors (Lipinski definition) is 5. The fourth-order valence-electron chi connectivity index (χ4n) is 4.60. The second kappa shape index (κ2) is 6.04. The quantitative estimate of drug-likeness (QED) is 0.818. The lowest BCUT2D eigenvalue weighted by Gasteiger charge is -2.34. The number of sulfonamides is 1. The summed E-state index contributed by atoms with van der Waals surface area (Å²) in [4.78, 5) is 6.37. The highest BCUT2D eigenvalue weighted by Gasteiger charge is 2.60. The molecule has 3 fully saturated rings. The number of fused-ring (bicyclic) bond motifs is 5. The second-order valence-electron chi connectivity index (χ2n) is 7.30. The molecule has 4 atom stereocenters. The lowest BCUT2D eigenvalue weighted by atomic mass is 10.00. The Kier molecular flexibility index (Phi) is 3.77. The van der Waals surface area contributed by atoms with Gasteiger partial charge in [0.1, 0.15) is 5.25 Å². The van der Waals surface area contributed by atoms with Crippen LogP contribution in [0.5, 0.6) is 0 Å². The van der Waals surface area contributed by atoms with E-state index in [1.54, 1.807) is 16.7 Å². The van der Waals surface area contributed by atoms with Crippen LogP contribution < -0.4 is 4.31 Å². The Labute approximate surface area is 153 Å². The molecular formula is C19H21N3O3S. The van der Waals surface area contributed by atoms with E-state index in [1.807, 2.05) is 42.5 Å². The molecule has 2 bridgehead atoms. The molecule has 26 heavy (non-hydrogen) atoms. The van der Waals surface area contributed by atoms with Crippen LogP contribution in [-0.2, 0) is 21.3 Å². The minimum atomic E-state index is -3.40. The van der Waals surface area contributed by atoms with Gasteiger partial charge >= 0.3 is 0 Å². The van der Waals surface area contributed by atoms with Crippen LogP contribution in [0, 0.1) is 5.92 Å². The number of ether oxygens (including phenoxy) is 1. The Morgan fingerprint density at radius 2 is 1.73 bits per heavy atom. The topological polar surface area (TPSA) is 62.7 Å². The number of para-hydroxylation sites is 1. The zero-order valence-electron chi connectivity index (χ0n) is 14.3. The first kappa shape index (κ1) is 16.2. The number of pyridine rings is 1. The maximum absolute atomic E-state index is 13.2. The molecule has 1 aromatic heterocycles. The van der Waals surface area contributed by atoms with E-state index in [0.717, 1.165) is 18.8 Å². The smallest absolute Gasteiger partial charge is 0.241 e. The highest BCUT2D eigenvalue weighted by atomic mass is 32.2. The van der Waals surface area contributed by atoms with Gasteiger partial charge in [0.05, 0.1) is 17.9 Å². The molecule has 2 aromatic rings. The van der Waals surface area contributed by atoms with Crippen molar-refractivity contribution in [2.45, 2.75) is 24.0 Å². The summed E-state index contributed by atoms with van der Waals surface area (Å²) < 4.78 is 34.1. The van der Waals surface area contributed by atoms with E-state index >= 15 is 0 Å². The van der Waals surface area contributed by atoms with E-state index in [0.29, 0.717) is 13.1 Å². The second-order valence-corrected chi connectivity index (χ2v) is 9.32. The van der Waals surface area contributed by atoms with Crippen LogP contribution >= 0.6 is 0 Å². The number of nitrogens with zero attached hydrogens (tertiary/aromatic N) is 3. The number of aromatic nitrogens is 1. The van der Waals surface area contributed by atoms with Gasteiger partial charge in [0.25, 0.3) is 0 Å². The van der Waals surface area contributed by atoms with Crippen LogP contribution in [0.15, 0.2) is 54.9 Å². The van der Waals surface area contributed by atoms with Crippen molar-refractivity contribution in [1.82, 2.24) is 9.88 Å². The first-order valence-electron chi connectivity index (χ1n) is 8.96. The molecule has 0 aliphatic carbocycles. The molecule has 0 saturated carbocycles. The first-order chi connectivity index (χ1) is 12.6. The number of anilines is 1. The highest BCUT2D eigenvalue weighted by Crippen LogP contribution is 2.44. The molecular weight excluding hydrogens is 350 g/mol. The maximum Gasteiger partial charge on any atom is 0.241 e. The van der Waals surface area contributed by atoms with Gasteiger partial charge in [0.2, 0.25) is 10.0 Å². The maximum atomic E-state index is 13.2. The van der Waals surface area contributed by atoms with Gasteiger partial charge in [-0.2, -0.15) is 0 Å². The average Bonchev–Trinajstić information content (AvgIpc) is 3.08. The Morgan fingerprint density at radius 3 is 2.50 bits per heavy atom. The largest absolute Gasteiger partial charge is 0.370 e. The number of benzene rings is 1. The predicted octanol–water partition coefficient (Wildman–Crippen LogP) is 1.50. The lowest BCUT2D eigenvalue weighted by Crippen LogP contribution is -2.47. The van der Waals surface area contributed by atoms with Crippen molar-refractivity contribution in [2.75, 3.05) is 23.9 Å². The summed E-state index contributed by atoms with van der Waals surface area (Å²) in [6.07, 6.45) is 3.31. The van der Waals surface area contributed by atoms with Gasteiger partial charge in [0.15, 0.2) is 0 Å². The lowest BCUT2D eigenvalue weighted by molar-refractivity contribution is -0.0485. The van der Waals surface area contributed by atoms with Crippen molar-refractivity contribution < 1.29 is 13.2 Å². The normalized spacial score (nSPS) is 32.5. The van der Waals surface area contributed by atoms with Crippen molar-refractivity contribution in [3.8, 4) is 0 Å². The number of likely N-dealkylation sites (tertiary alicyclic amines) is 1. The molecule has 1 aromatic carbocycles. The van der Waals surface area contributed by atoms with E-state index in [4.69, 9.17) is 4.74 Å². The van der Waals surface area contributed by atoms with Gasteiger partial charge in [0, 0.05) is 44.5 Å². The third kappa shape index (κ3) is 2.53. The molecule has 0 radical (unpaired) electrons. The summed E-state index contributed by atoms with van der Waals surface area (Å²) in [6, 6.07) is 13.4. The number of morpholine rings is 1. The zero-order valence-corrected chi connectivity index (χ0v) is 15.1. The molecule has 6 nitrogen and oxygen atoms in total. The summed E-state index contributed by atoms with van der Waals surface area (Å²) in [5.74, 6) is 0.0349. The van der Waals surface area contributed by atoms with Crippen molar-refractivity contribution in [3.63, 3.8) is 0 Å². The molecule has 0 N–H and O–H groups in total. The summed E-state index contributed by atoms with van der Waals surface area (Å²) >= 11 is 0.